The maximum atomic E-state index is 13.5. The number of halogens is 4. The molecule has 27 heavy (non-hydrogen) atoms. The number of benzene rings is 2. The van der Waals surface area contributed by atoms with E-state index in [2.05, 4.69) is 5.32 Å². The molecule has 1 aliphatic rings. The molecule has 4 nitrogen and oxygen atoms in total. The normalized spacial score (nSPS) is 13.3. The van der Waals surface area contributed by atoms with Crippen LogP contribution in [-0.4, -0.2) is 17.6 Å². The van der Waals surface area contributed by atoms with Crippen molar-refractivity contribution in [2.45, 2.75) is 17.7 Å². The lowest BCUT2D eigenvalue weighted by Gasteiger charge is -2.09. The molecule has 9 heteroatoms. The van der Waals surface area contributed by atoms with Crippen molar-refractivity contribution in [3.63, 3.8) is 0 Å². The van der Waals surface area contributed by atoms with Crippen LogP contribution >= 0.6 is 11.8 Å². The molecular weight excluding hydrogens is 384 g/mol. The molecule has 1 aliphatic carbocycles. The van der Waals surface area contributed by atoms with Gasteiger partial charge in [-0.05, 0) is 37.1 Å². The smallest absolute Gasteiger partial charge is 0.234 e. The molecule has 2 amide bonds. The van der Waals surface area contributed by atoms with Crippen LogP contribution in [0.2, 0.25) is 0 Å². The van der Waals surface area contributed by atoms with Gasteiger partial charge in [-0.3, -0.25) is 9.59 Å². The molecular formula is C18H14F4N2O2S. The van der Waals surface area contributed by atoms with Gasteiger partial charge in [0.1, 0.15) is 5.69 Å². The molecule has 2 N–H and O–H groups in total. The van der Waals surface area contributed by atoms with Gasteiger partial charge in [-0.25, -0.2) is 17.6 Å². The SMILES string of the molecule is O=C(CSc1ccc(NC(=O)C2CC2)cc1)Nc1c(F)c(F)cc(F)c1F. The fourth-order valence-electron chi connectivity index (χ4n) is 2.23. The summed E-state index contributed by atoms with van der Waals surface area (Å²) in [6.07, 6.45) is 1.79. The van der Waals surface area contributed by atoms with Crippen LogP contribution in [0.1, 0.15) is 12.8 Å². The molecule has 0 bridgehead atoms. The van der Waals surface area contributed by atoms with Gasteiger partial charge in [-0.2, -0.15) is 0 Å². The second kappa shape index (κ2) is 7.99. The third kappa shape index (κ3) is 4.79. The van der Waals surface area contributed by atoms with Gasteiger partial charge in [0.25, 0.3) is 0 Å². The summed E-state index contributed by atoms with van der Waals surface area (Å²) in [6.45, 7) is 0. The fourth-order valence-corrected chi connectivity index (χ4v) is 2.93. The minimum atomic E-state index is -1.66. The number of hydrogen-bond acceptors (Lipinski definition) is 3. The highest BCUT2D eigenvalue weighted by molar-refractivity contribution is 8.00. The number of anilines is 2. The summed E-state index contributed by atoms with van der Waals surface area (Å²) in [5, 5.41) is 4.61. The summed E-state index contributed by atoms with van der Waals surface area (Å²) < 4.78 is 53.3. The van der Waals surface area contributed by atoms with Gasteiger partial charge in [0.05, 0.1) is 5.75 Å². The summed E-state index contributed by atoms with van der Waals surface area (Å²) in [5.41, 5.74) is -0.531. The van der Waals surface area contributed by atoms with Crippen LogP contribution in [0.25, 0.3) is 0 Å². The lowest BCUT2D eigenvalue weighted by atomic mass is 10.2. The Bertz CT molecular complexity index is 860. The summed E-state index contributed by atoms with van der Waals surface area (Å²) in [4.78, 5) is 24.2. The summed E-state index contributed by atoms with van der Waals surface area (Å²) in [6, 6.07) is 6.75. The van der Waals surface area contributed by atoms with Crippen molar-refractivity contribution in [3.05, 3.63) is 53.6 Å². The van der Waals surface area contributed by atoms with Gasteiger partial charge in [0.15, 0.2) is 23.3 Å². The number of carbonyl (C=O) groups excluding carboxylic acids is 2. The molecule has 0 spiro atoms. The lowest BCUT2D eigenvalue weighted by molar-refractivity contribution is -0.117. The van der Waals surface area contributed by atoms with Crippen molar-refractivity contribution < 1.29 is 27.2 Å². The van der Waals surface area contributed by atoms with Crippen LogP contribution in [0.15, 0.2) is 35.2 Å². The first-order chi connectivity index (χ1) is 12.8. The molecule has 0 aliphatic heterocycles. The third-order valence-corrected chi connectivity index (χ3v) is 4.83. The monoisotopic (exact) mass is 398 g/mol. The zero-order valence-electron chi connectivity index (χ0n) is 13.8. The van der Waals surface area contributed by atoms with Crippen LogP contribution in [0.5, 0.6) is 0 Å². The molecule has 3 rings (SSSR count). The van der Waals surface area contributed by atoms with Gasteiger partial charge in [-0.15, -0.1) is 11.8 Å². The van der Waals surface area contributed by atoms with E-state index < -0.39 is 34.9 Å². The molecule has 1 saturated carbocycles. The highest BCUT2D eigenvalue weighted by Gasteiger charge is 2.29. The average molecular weight is 398 g/mol. The Kier molecular flexibility index (Phi) is 5.69. The minimum Gasteiger partial charge on any atom is -0.326 e. The first-order valence-electron chi connectivity index (χ1n) is 8.01. The maximum Gasteiger partial charge on any atom is 0.234 e. The molecule has 142 valence electrons. The van der Waals surface area contributed by atoms with Crippen molar-refractivity contribution in [1.82, 2.24) is 0 Å². The molecule has 2 aromatic rings. The topological polar surface area (TPSA) is 58.2 Å². The first kappa shape index (κ1) is 19.2. The van der Waals surface area contributed by atoms with Crippen LogP contribution in [0, 0.1) is 29.2 Å². The van der Waals surface area contributed by atoms with Crippen LogP contribution in [0.3, 0.4) is 0 Å². The predicted molar refractivity (Wildman–Crippen MR) is 93.4 cm³/mol. The van der Waals surface area contributed by atoms with Crippen molar-refractivity contribution >= 4 is 35.0 Å². The lowest BCUT2D eigenvalue weighted by Crippen LogP contribution is -2.17. The fraction of sp³-hybridized carbons (Fsp3) is 0.222. The number of rotatable bonds is 6. The number of carbonyl (C=O) groups is 2. The largest absolute Gasteiger partial charge is 0.326 e. The van der Waals surface area contributed by atoms with Gasteiger partial charge >= 0.3 is 0 Å². The number of nitrogens with one attached hydrogen (secondary N) is 2. The summed E-state index contributed by atoms with van der Waals surface area (Å²) in [5.74, 6) is -7.52. The van der Waals surface area contributed by atoms with E-state index in [-0.39, 0.29) is 23.6 Å². The Labute approximate surface area is 156 Å². The zero-order valence-corrected chi connectivity index (χ0v) is 14.6. The van der Waals surface area contributed by atoms with Gasteiger partial charge in [0, 0.05) is 22.6 Å². The Morgan fingerprint density at radius 3 is 2.11 bits per heavy atom. The molecule has 2 aromatic carbocycles. The number of hydrogen-bond donors (Lipinski definition) is 2. The second-order valence-corrected chi connectivity index (χ2v) is 7.02. The second-order valence-electron chi connectivity index (χ2n) is 5.97. The molecule has 0 saturated heterocycles. The van der Waals surface area contributed by atoms with E-state index in [0.29, 0.717) is 10.6 Å². The predicted octanol–water partition coefficient (Wildman–Crippen LogP) is 4.32. The highest BCUT2D eigenvalue weighted by Crippen LogP contribution is 2.30. The van der Waals surface area contributed by atoms with Gasteiger partial charge in [-0.1, -0.05) is 0 Å². The Hall–Kier alpha value is -2.55. The Balaban J connectivity index is 1.55. The minimum absolute atomic E-state index is 0.0267. The van der Waals surface area contributed by atoms with E-state index in [1.54, 1.807) is 24.3 Å². The van der Waals surface area contributed by atoms with E-state index in [1.165, 1.54) is 0 Å². The van der Waals surface area contributed by atoms with E-state index in [1.807, 2.05) is 5.32 Å². The Morgan fingerprint density at radius 2 is 1.56 bits per heavy atom. The van der Waals surface area contributed by atoms with Crippen LogP contribution in [-0.2, 0) is 9.59 Å². The number of amides is 2. The molecule has 0 unspecified atom stereocenters. The molecule has 0 radical (unpaired) electrons. The van der Waals surface area contributed by atoms with E-state index in [4.69, 9.17) is 0 Å². The van der Waals surface area contributed by atoms with Crippen molar-refractivity contribution in [3.8, 4) is 0 Å². The Morgan fingerprint density at radius 1 is 0.963 bits per heavy atom. The summed E-state index contributed by atoms with van der Waals surface area (Å²) >= 11 is 1.06. The van der Waals surface area contributed by atoms with Gasteiger partial charge in [0.2, 0.25) is 11.8 Å². The van der Waals surface area contributed by atoms with E-state index in [0.717, 1.165) is 24.6 Å². The maximum absolute atomic E-state index is 13.5. The number of thioether (sulfide) groups is 1. The van der Waals surface area contributed by atoms with Crippen molar-refractivity contribution in [1.29, 1.82) is 0 Å². The van der Waals surface area contributed by atoms with Crippen molar-refractivity contribution in [2.24, 2.45) is 5.92 Å². The van der Waals surface area contributed by atoms with Gasteiger partial charge < -0.3 is 10.6 Å². The molecule has 0 heterocycles. The van der Waals surface area contributed by atoms with Crippen molar-refractivity contribution in [2.75, 3.05) is 16.4 Å². The quantitative estimate of drug-likeness (QED) is 0.433. The standard InChI is InChI=1S/C18H14F4N2O2S/c19-12-7-13(20)16(22)17(15(12)21)24-14(25)8-27-11-5-3-10(4-6-11)23-18(26)9-1-2-9/h3-7,9H,1-2,8H2,(H,23,26)(H,24,25). The third-order valence-electron chi connectivity index (χ3n) is 3.82. The average Bonchev–Trinajstić information content (AvgIpc) is 3.48. The molecule has 0 aromatic heterocycles. The van der Waals surface area contributed by atoms with Crippen LogP contribution < -0.4 is 10.6 Å². The molecule has 1 fully saturated rings. The van der Waals surface area contributed by atoms with E-state index in [9.17, 15) is 27.2 Å². The summed E-state index contributed by atoms with van der Waals surface area (Å²) in [7, 11) is 0. The zero-order chi connectivity index (χ0) is 19.6. The van der Waals surface area contributed by atoms with E-state index >= 15 is 0 Å². The first-order valence-corrected chi connectivity index (χ1v) is 9.00. The van der Waals surface area contributed by atoms with Crippen LogP contribution in [0.4, 0.5) is 28.9 Å². The molecule has 0 atom stereocenters. The highest BCUT2D eigenvalue weighted by atomic mass is 32.2.